The Balaban J connectivity index is 2.39. The molecule has 0 unspecified atom stereocenters. The minimum atomic E-state index is -0.715. The molecule has 0 amide bonds. The molecule has 0 aromatic heterocycles. The van der Waals surface area contributed by atoms with Crippen LogP contribution in [-0.2, 0) is 4.74 Å². The molecule has 0 bridgehead atoms. The molecule has 1 aliphatic rings. The van der Waals surface area contributed by atoms with Gasteiger partial charge in [0.2, 0.25) is 0 Å². The monoisotopic (exact) mass is 145 g/mol. The van der Waals surface area contributed by atoms with Crippen molar-refractivity contribution in [3.8, 4) is 0 Å². The summed E-state index contributed by atoms with van der Waals surface area (Å²) in [7, 11) is 0. The highest BCUT2D eigenvalue weighted by atomic mass is 16.5. The van der Waals surface area contributed by atoms with E-state index in [1.54, 1.807) is 13.8 Å². The molecule has 1 rings (SSSR count). The van der Waals surface area contributed by atoms with Gasteiger partial charge >= 0.3 is 0 Å². The molecule has 10 heavy (non-hydrogen) atoms. The molecule has 0 radical (unpaired) electrons. The molecule has 1 saturated heterocycles. The number of rotatable bonds is 1. The molecular weight excluding hydrogens is 130 g/mol. The molecule has 0 saturated carbocycles. The average Bonchev–Trinajstić information content (AvgIpc) is 1.88. The Morgan fingerprint density at radius 2 is 2.30 bits per heavy atom. The quantitative estimate of drug-likeness (QED) is 0.534. The smallest absolute Gasteiger partial charge is 0.0980 e. The summed E-state index contributed by atoms with van der Waals surface area (Å²) in [6.07, 6.45) is -0.0544. The summed E-state index contributed by atoms with van der Waals surface area (Å²) >= 11 is 0. The molecule has 0 aromatic rings. The predicted octanol–water partition coefficient (Wildman–Crippen LogP) is -0.254. The van der Waals surface area contributed by atoms with Crippen LogP contribution in [0.15, 0.2) is 0 Å². The van der Waals surface area contributed by atoms with Crippen molar-refractivity contribution >= 4 is 0 Å². The fourth-order valence-corrected chi connectivity index (χ4v) is 1.02. The first kappa shape index (κ1) is 7.98. The maximum Gasteiger partial charge on any atom is 0.0980 e. The lowest BCUT2D eigenvalue weighted by Gasteiger charge is -2.32. The van der Waals surface area contributed by atoms with Crippen LogP contribution >= 0.6 is 0 Å². The maximum absolute atomic E-state index is 9.48. The van der Waals surface area contributed by atoms with Crippen LogP contribution in [0.1, 0.15) is 13.8 Å². The van der Waals surface area contributed by atoms with Gasteiger partial charge in [-0.2, -0.15) is 0 Å². The SMILES string of the molecule is CC(C)(O)[C@H]1CNCCO1. The first-order valence-corrected chi connectivity index (χ1v) is 3.65. The van der Waals surface area contributed by atoms with E-state index in [4.69, 9.17) is 4.74 Å². The van der Waals surface area contributed by atoms with E-state index in [1.807, 2.05) is 0 Å². The Kier molecular flexibility index (Phi) is 2.28. The van der Waals surface area contributed by atoms with Crippen molar-refractivity contribution in [2.45, 2.75) is 25.6 Å². The molecule has 1 aliphatic heterocycles. The van der Waals surface area contributed by atoms with E-state index in [0.717, 1.165) is 13.1 Å². The van der Waals surface area contributed by atoms with Crippen molar-refractivity contribution in [3.05, 3.63) is 0 Å². The van der Waals surface area contributed by atoms with Crippen molar-refractivity contribution in [2.75, 3.05) is 19.7 Å². The largest absolute Gasteiger partial charge is 0.388 e. The zero-order chi connectivity index (χ0) is 7.61. The fraction of sp³-hybridized carbons (Fsp3) is 1.00. The topological polar surface area (TPSA) is 41.5 Å². The summed E-state index contributed by atoms with van der Waals surface area (Å²) in [5.74, 6) is 0. The number of hydrogen-bond donors (Lipinski definition) is 2. The number of hydrogen-bond acceptors (Lipinski definition) is 3. The molecule has 3 heteroatoms. The van der Waals surface area contributed by atoms with Crippen molar-refractivity contribution in [2.24, 2.45) is 0 Å². The number of morpholine rings is 1. The minimum Gasteiger partial charge on any atom is -0.388 e. The zero-order valence-electron chi connectivity index (χ0n) is 6.55. The highest BCUT2D eigenvalue weighted by molar-refractivity contribution is 4.82. The molecule has 1 atom stereocenters. The zero-order valence-corrected chi connectivity index (χ0v) is 6.55. The second-order valence-electron chi connectivity index (χ2n) is 3.22. The molecule has 3 nitrogen and oxygen atoms in total. The van der Waals surface area contributed by atoms with Crippen LogP contribution in [0.5, 0.6) is 0 Å². The Morgan fingerprint density at radius 1 is 1.60 bits per heavy atom. The van der Waals surface area contributed by atoms with Crippen molar-refractivity contribution in [1.29, 1.82) is 0 Å². The van der Waals surface area contributed by atoms with Crippen molar-refractivity contribution in [1.82, 2.24) is 5.32 Å². The van der Waals surface area contributed by atoms with Gasteiger partial charge in [0.1, 0.15) is 0 Å². The Morgan fingerprint density at radius 3 is 2.60 bits per heavy atom. The van der Waals surface area contributed by atoms with E-state index in [-0.39, 0.29) is 6.10 Å². The van der Waals surface area contributed by atoms with Crippen LogP contribution in [0.25, 0.3) is 0 Å². The maximum atomic E-state index is 9.48. The summed E-state index contributed by atoms with van der Waals surface area (Å²) in [6.45, 7) is 5.89. The van der Waals surface area contributed by atoms with Gasteiger partial charge in [0.05, 0.1) is 18.3 Å². The Hall–Kier alpha value is -0.120. The average molecular weight is 145 g/mol. The van der Waals surface area contributed by atoms with Crippen LogP contribution < -0.4 is 5.32 Å². The van der Waals surface area contributed by atoms with Gasteiger partial charge in [-0.05, 0) is 13.8 Å². The van der Waals surface area contributed by atoms with E-state index in [0.29, 0.717) is 6.61 Å². The highest BCUT2D eigenvalue weighted by Crippen LogP contribution is 2.12. The summed E-state index contributed by atoms with van der Waals surface area (Å²) in [6, 6.07) is 0. The van der Waals surface area contributed by atoms with Gasteiger partial charge < -0.3 is 15.2 Å². The second-order valence-corrected chi connectivity index (χ2v) is 3.22. The lowest BCUT2D eigenvalue weighted by molar-refractivity contribution is -0.0989. The van der Waals surface area contributed by atoms with E-state index < -0.39 is 5.60 Å². The molecule has 2 N–H and O–H groups in total. The second kappa shape index (κ2) is 2.86. The molecule has 1 fully saturated rings. The van der Waals surface area contributed by atoms with Gasteiger partial charge in [-0.1, -0.05) is 0 Å². The molecule has 0 spiro atoms. The van der Waals surface area contributed by atoms with E-state index >= 15 is 0 Å². The molecule has 60 valence electrons. The third-order valence-electron chi connectivity index (χ3n) is 1.72. The summed E-state index contributed by atoms with van der Waals surface area (Å²) in [4.78, 5) is 0. The Bertz CT molecular complexity index is 103. The third kappa shape index (κ3) is 1.94. The van der Waals surface area contributed by atoms with Crippen molar-refractivity contribution in [3.63, 3.8) is 0 Å². The van der Waals surface area contributed by atoms with Crippen molar-refractivity contribution < 1.29 is 9.84 Å². The molecule has 0 aliphatic carbocycles. The normalized spacial score (nSPS) is 28.5. The van der Waals surface area contributed by atoms with Gasteiger partial charge in [-0.25, -0.2) is 0 Å². The standard InChI is InChI=1S/C7H15NO2/c1-7(2,9)6-5-8-3-4-10-6/h6,8-9H,3-5H2,1-2H3/t6-/m1/s1. The van der Waals surface area contributed by atoms with Crippen LogP contribution in [0.2, 0.25) is 0 Å². The fourth-order valence-electron chi connectivity index (χ4n) is 1.02. The molecular formula is C7H15NO2. The lowest BCUT2D eigenvalue weighted by atomic mass is 10.0. The first-order valence-electron chi connectivity index (χ1n) is 3.65. The van der Waals surface area contributed by atoms with Crippen LogP contribution in [-0.4, -0.2) is 36.5 Å². The minimum absolute atomic E-state index is 0.0544. The number of aliphatic hydroxyl groups is 1. The van der Waals surface area contributed by atoms with Crippen LogP contribution in [0.3, 0.4) is 0 Å². The molecule has 0 aromatic carbocycles. The summed E-state index contributed by atoms with van der Waals surface area (Å²) in [5, 5.41) is 12.6. The van der Waals surface area contributed by atoms with Gasteiger partial charge in [0.25, 0.3) is 0 Å². The first-order chi connectivity index (χ1) is 4.61. The predicted molar refractivity (Wildman–Crippen MR) is 38.9 cm³/mol. The lowest BCUT2D eigenvalue weighted by Crippen LogP contribution is -2.50. The van der Waals surface area contributed by atoms with E-state index in [2.05, 4.69) is 5.32 Å². The van der Waals surface area contributed by atoms with Crippen LogP contribution in [0, 0.1) is 0 Å². The van der Waals surface area contributed by atoms with Gasteiger partial charge in [-0.15, -0.1) is 0 Å². The van der Waals surface area contributed by atoms with E-state index in [1.165, 1.54) is 0 Å². The highest BCUT2D eigenvalue weighted by Gasteiger charge is 2.28. The third-order valence-corrected chi connectivity index (χ3v) is 1.72. The van der Waals surface area contributed by atoms with Gasteiger partial charge in [-0.3, -0.25) is 0 Å². The van der Waals surface area contributed by atoms with Crippen LogP contribution in [0.4, 0.5) is 0 Å². The summed E-state index contributed by atoms with van der Waals surface area (Å²) in [5.41, 5.74) is -0.715. The molecule has 1 heterocycles. The van der Waals surface area contributed by atoms with Gasteiger partial charge in [0, 0.05) is 13.1 Å². The number of ether oxygens (including phenoxy) is 1. The number of nitrogens with one attached hydrogen (secondary N) is 1. The Labute approximate surface area is 61.4 Å². The van der Waals surface area contributed by atoms with Gasteiger partial charge in [0.15, 0.2) is 0 Å². The van der Waals surface area contributed by atoms with E-state index in [9.17, 15) is 5.11 Å². The summed E-state index contributed by atoms with van der Waals surface area (Å²) < 4.78 is 5.33.